The average Bonchev–Trinajstić information content (AvgIpc) is 3.07. The van der Waals surface area contributed by atoms with Crippen molar-refractivity contribution in [3.8, 4) is 0 Å². The summed E-state index contributed by atoms with van der Waals surface area (Å²) in [7, 11) is 1.74. The van der Waals surface area contributed by atoms with Gasteiger partial charge in [-0.15, -0.1) is 0 Å². The van der Waals surface area contributed by atoms with Crippen LogP contribution in [-0.2, 0) is 33.4 Å². The molecule has 0 saturated carbocycles. The second kappa shape index (κ2) is 8.59. The van der Waals surface area contributed by atoms with E-state index < -0.39 is 29.3 Å². The van der Waals surface area contributed by atoms with Gasteiger partial charge in [-0.05, 0) is 35.1 Å². The number of imide groups is 1. The molecule has 0 radical (unpaired) electrons. The van der Waals surface area contributed by atoms with Crippen molar-refractivity contribution in [3.63, 3.8) is 0 Å². The highest BCUT2D eigenvalue weighted by molar-refractivity contribution is 6.30. The summed E-state index contributed by atoms with van der Waals surface area (Å²) < 4.78 is 28.9. The van der Waals surface area contributed by atoms with Gasteiger partial charge >= 0.3 is 5.92 Å². The van der Waals surface area contributed by atoms with E-state index >= 15 is 0 Å². The number of fused-ring (bicyclic) bond motifs is 1. The second-order valence-electron chi connectivity index (χ2n) is 8.23. The summed E-state index contributed by atoms with van der Waals surface area (Å²) in [5.74, 6) is -6.76. The van der Waals surface area contributed by atoms with Crippen molar-refractivity contribution in [1.29, 1.82) is 0 Å². The van der Waals surface area contributed by atoms with Crippen molar-refractivity contribution < 1.29 is 28.0 Å². The minimum absolute atomic E-state index is 0.135. The normalized spacial score (nSPS) is 20.5. The number of nitrogens with zero attached hydrogens (tertiary/aromatic N) is 1. The second-order valence-corrected chi connectivity index (χ2v) is 8.66. The Morgan fingerprint density at radius 1 is 1.18 bits per heavy atom. The summed E-state index contributed by atoms with van der Waals surface area (Å²) in [5.41, 5.74) is 1.07. The van der Waals surface area contributed by atoms with Crippen LogP contribution in [-0.4, -0.2) is 42.4 Å². The lowest BCUT2D eigenvalue weighted by atomic mass is 9.75. The smallest absolute Gasteiger partial charge is 0.346 e. The number of alkyl halides is 2. The fourth-order valence-electron chi connectivity index (χ4n) is 4.19. The Labute approximate surface area is 193 Å². The topological polar surface area (TPSA) is 95.6 Å². The van der Waals surface area contributed by atoms with Crippen LogP contribution >= 0.6 is 11.6 Å². The number of nitrogens with one attached hydrogen (secondary N) is 2. The van der Waals surface area contributed by atoms with E-state index in [1.54, 1.807) is 26.0 Å². The Morgan fingerprint density at radius 2 is 1.88 bits per heavy atom. The van der Waals surface area contributed by atoms with Crippen LogP contribution in [0.25, 0.3) is 0 Å². The monoisotopic (exact) mass is 473 g/mol. The molecule has 33 heavy (non-hydrogen) atoms. The summed E-state index contributed by atoms with van der Waals surface area (Å²) in [6.45, 7) is -0.0220. The van der Waals surface area contributed by atoms with Crippen LogP contribution < -0.4 is 10.6 Å². The van der Waals surface area contributed by atoms with Gasteiger partial charge in [-0.2, -0.15) is 8.78 Å². The Hall–Kier alpha value is -3.27. The molecule has 2 heterocycles. The summed E-state index contributed by atoms with van der Waals surface area (Å²) >= 11 is 5.71. The summed E-state index contributed by atoms with van der Waals surface area (Å²) in [5, 5.41) is 4.77. The lowest BCUT2D eigenvalue weighted by molar-refractivity contribution is -0.147. The molecule has 170 valence electrons. The number of carbonyl (C=O) groups excluding carboxylic acids is 4. The molecule has 0 aromatic heterocycles. The van der Waals surface area contributed by atoms with Gasteiger partial charge < -0.3 is 10.2 Å². The van der Waals surface area contributed by atoms with Gasteiger partial charge in [0.1, 0.15) is 13.9 Å². The van der Waals surface area contributed by atoms with Gasteiger partial charge in [-0.1, -0.05) is 35.9 Å². The van der Waals surface area contributed by atoms with Crippen LogP contribution in [0.3, 0.4) is 0 Å². The molecule has 4 amide bonds. The molecule has 11 heteroatoms. The Morgan fingerprint density at radius 3 is 2.55 bits per heavy atom. The van der Waals surface area contributed by atoms with E-state index in [0.717, 1.165) is 12.1 Å². The summed E-state index contributed by atoms with van der Waals surface area (Å²) in [6.07, 6.45) is 0.135. The number of halogens is 3. The molecule has 2 N–H and O–H groups in total. The van der Waals surface area contributed by atoms with Gasteiger partial charge in [0.05, 0.1) is 0 Å². The van der Waals surface area contributed by atoms with Crippen LogP contribution in [0.15, 0.2) is 42.5 Å². The van der Waals surface area contributed by atoms with E-state index in [2.05, 4.69) is 10.6 Å². The third-order valence-corrected chi connectivity index (χ3v) is 6.11. The molecular weight excluding hydrogens is 455 g/mol. The molecule has 1 saturated heterocycles. The van der Waals surface area contributed by atoms with E-state index in [4.69, 9.17) is 11.6 Å². The molecule has 4 rings (SSSR count). The van der Waals surface area contributed by atoms with E-state index in [1.165, 1.54) is 17.0 Å². The first-order valence-corrected chi connectivity index (χ1v) is 10.6. The molecule has 2 aliphatic rings. The molecule has 0 spiro atoms. The van der Waals surface area contributed by atoms with Crippen molar-refractivity contribution in [2.45, 2.75) is 37.3 Å². The van der Waals surface area contributed by atoms with Crippen molar-refractivity contribution in [2.75, 3.05) is 0 Å². The third kappa shape index (κ3) is 4.35. The summed E-state index contributed by atoms with van der Waals surface area (Å²) in [6, 6.07) is 8.73. The van der Waals surface area contributed by atoms with E-state index in [1.807, 2.05) is 0 Å². The maximum absolute atomic E-state index is 14.4. The first-order chi connectivity index (χ1) is 15.6. The average molecular weight is 474 g/mol. The lowest BCUT2D eigenvalue weighted by Gasteiger charge is -2.34. The quantitative estimate of drug-likeness (QED) is 0.509. The number of hydrogen-bond donors (Lipinski definition) is 2. The first-order valence-electron chi connectivity index (χ1n) is 10.3. The molecule has 2 aromatic rings. The standard InChI is InChI=1S/C22H19BClF2N3O4/c23-16-8-17(30)28-19(31)18(16)29-10-12-7-11(1-6-15(12)20(29)32)9-27-21(33)22(25,26)13-2-4-14(24)5-3-13/h1-7,16,18H,8-10,23H2,(H,27,33)(H,28,30,31). The van der Waals surface area contributed by atoms with Gasteiger partial charge in [0.25, 0.3) is 11.8 Å². The molecule has 1 fully saturated rings. The van der Waals surface area contributed by atoms with Crippen LogP contribution in [0.1, 0.15) is 33.5 Å². The minimum Gasteiger partial charge on any atom is -0.346 e. The minimum atomic E-state index is -3.74. The Bertz CT molecular complexity index is 1160. The van der Waals surface area contributed by atoms with Crippen LogP contribution in [0, 0.1) is 0 Å². The molecule has 7 nitrogen and oxygen atoms in total. The molecular formula is C22H19BClF2N3O4. The van der Waals surface area contributed by atoms with Crippen molar-refractivity contribution in [2.24, 2.45) is 0 Å². The van der Waals surface area contributed by atoms with Crippen molar-refractivity contribution in [3.05, 3.63) is 69.7 Å². The van der Waals surface area contributed by atoms with Gasteiger partial charge in [0, 0.05) is 35.7 Å². The highest BCUT2D eigenvalue weighted by Gasteiger charge is 2.43. The zero-order chi connectivity index (χ0) is 23.9. The summed E-state index contributed by atoms with van der Waals surface area (Å²) in [4.78, 5) is 50.3. The number of piperidine rings is 1. The van der Waals surface area contributed by atoms with Gasteiger partial charge in [-0.3, -0.25) is 24.5 Å². The van der Waals surface area contributed by atoms with Crippen LogP contribution in [0.5, 0.6) is 0 Å². The lowest BCUT2D eigenvalue weighted by Crippen LogP contribution is -2.55. The molecule has 2 unspecified atom stereocenters. The maximum Gasteiger partial charge on any atom is 0.349 e. The number of hydrogen-bond acceptors (Lipinski definition) is 4. The number of carbonyl (C=O) groups is 4. The highest BCUT2D eigenvalue weighted by Crippen LogP contribution is 2.32. The first kappa shape index (κ1) is 22.9. The van der Waals surface area contributed by atoms with Crippen molar-refractivity contribution >= 4 is 43.1 Å². The van der Waals surface area contributed by atoms with Gasteiger partial charge in [-0.25, -0.2) is 0 Å². The fourth-order valence-corrected chi connectivity index (χ4v) is 4.31. The zero-order valence-electron chi connectivity index (χ0n) is 17.5. The largest absolute Gasteiger partial charge is 0.349 e. The zero-order valence-corrected chi connectivity index (χ0v) is 18.3. The molecule has 2 aromatic carbocycles. The Kier molecular flexibility index (Phi) is 5.96. The van der Waals surface area contributed by atoms with E-state index in [0.29, 0.717) is 16.7 Å². The van der Waals surface area contributed by atoms with E-state index in [-0.39, 0.29) is 42.2 Å². The van der Waals surface area contributed by atoms with Crippen LogP contribution in [0.4, 0.5) is 8.78 Å². The number of benzene rings is 2. The molecule has 2 aliphatic heterocycles. The number of amides is 4. The maximum atomic E-state index is 14.4. The molecule has 0 aliphatic carbocycles. The van der Waals surface area contributed by atoms with Gasteiger partial charge in [0.2, 0.25) is 11.8 Å². The molecule has 0 bridgehead atoms. The molecule has 2 atom stereocenters. The van der Waals surface area contributed by atoms with Crippen molar-refractivity contribution in [1.82, 2.24) is 15.5 Å². The predicted molar refractivity (Wildman–Crippen MR) is 117 cm³/mol. The third-order valence-electron chi connectivity index (χ3n) is 5.86. The number of rotatable bonds is 5. The van der Waals surface area contributed by atoms with Crippen LogP contribution in [0.2, 0.25) is 10.8 Å². The predicted octanol–water partition coefficient (Wildman–Crippen LogP) is 1.54. The highest BCUT2D eigenvalue weighted by atomic mass is 35.5. The Balaban J connectivity index is 1.45. The fraction of sp³-hybridized carbons (Fsp3) is 0.273. The van der Waals surface area contributed by atoms with Gasteiger partial charge in [0.15, 0.2) is 0 Å². The van der Waals surface area contributed by atoms with E-state index in [9.17, 15) is 28.0 Å². The SMILES string of the molecule is BC1CC(=O)NC(=O)C1N1Cc2cc(CNC(=O)C(F)(F)c3ccc(Cl)cc3)ccc2C1=O.